The number of anilines is 1. The van der Waals surface area contributed by atoms with E-state index in [1.165, 1.54) is 19.3 Å². The number of rotatable bonds is 2. The summed E-state index contributed by atoms with van der Waals surface area (Å²) in [6.07, 6.45) is 5.56. The van der Waals surface area contributed by atoms with Gasteiger partial charge in [-0.1, -0.05) is 18.6 Å². The SMILES string of the molecule is c1ccc2nc(NC3CCCCNC3)cnc2c1. The average Bonchev–Trinajstić information content (AvgIpc) is 2.67. The molecule has 1 aromatic carbocycles. The van der Waals surface area contributed by atoms with E-state index < -0.39 is 0 Å². The van der Waals surface area contributed by atoms with Gasteiger partial charge in [-0.3, -0.25) is 4.98 Å². The predicted molar refractivity (Wildman–Crippen MR) is 73.7 cm³/mol. The predicted octanol–water partition coefficient (Wildman–Crippen LogP) is 2.18. The molecule has 1 saturated heterocycles. The fraction of sp³-hybridized carbons (Fsp3) is 0.429. The highest BCUT2D eigenvalue weighted by Crippen LogP contribution is 2.14. The van der Waals surface area contributed by atoms with Crippen LogP contribution in [0, 0.1) is 0 Å². The largest absolute Gasteiger partial charge is 0.365 e. The van der Waals surface area contributed by atoms with Gasteiger partial charge >= 0.3 is 0 Å². The van der Waals surface area contributed by atoms with Crippen LogP contribution in [0.4, 0.5) is 5.82 Å². The van der Waals surface area contributed by atoms with Gasteiger partial charge in [0.2, 0.25) is 0 Å². The molecule has 18 heavy (non-hydrogen) atoms. The van der Waals surface area contributed by atoms with E-state index in [0.717, 1.165) is 29.9 Å². The number of nitrogens with zero attached hydrogens (tertiary/aromatic N) is 2. The Balaban J connectivity index is 1.77. The van der Waals surface area contributed by atoms with Gasteiger partial charge in [0.1, 0.15) is 5.82 Å². The van der Waals surface area contributed by atoms with E-state index in [2.05, 4.69) is 20.6 Å². The zero-order chi connectivity index (χ0) is 12.2. The molecule has 4 heteroatoms. The minimum absolute atomic E-state index is 0.461. The van der Waals surface area contributed by atoms with E-state index in [1.807, 2.05) is 30.5 Å². The Morgan fingerprint density at radius 1 is 1.17 bits per heavy atom. The Morgan fingerprint density at radius 2 is 2.06 bits per heavy atom. The van der Waals surface area contributed by atoms with Gasteiger partial charge in [-0.15, -0.1) is 0 Å². The summed E-state index contributed by atoms with van der Waals surface area (Å²) in [5.41, 5.74) is 1.89. The number of hydrogen-bond acceptors (Lipinski definition) is 4. The summed E-state index contributed by atoms with van der Waals surface area (Å²) >= 11 is 0. The first-order valence-electron chi connectivity index (χ1n) is 6.61. The summed E-state index contributed by atoms with van der Waals surface area (Å²) in [6.45, 7) is 2.14. The number of benzene rings is 1. The van der Waals surface area contributed by atoms with Crippen LogP contribution < -0.4 is 10.6 Å². The summed E-state index contributed by atoms with van der Waals surface area (Å²) in [5, 5.41) is 6.92. The van der Waals surface area contributed by atoms with Crippen LogP contribution in [-0.4, -0.2) is 29.1 Å². The topological polar surface area (TPSA) is 49.8 Å². The van der Waals surface area contributed by atoms with Crippen molar-refractivity contribution >= 4 is 16.9 Å². The minimum atomic E-state index is 0.461. The first kappa shape index (κ1) is 11.4. The van der Waals surface area contributed by atoms with E-state index in [9.17, 15) is 0 Å². The van der Waals surface area contributed by atoms with E-state index in [4.69, 9.17) is 0 Å². The number of nitrogens with one attached hydrogen (secondary N) is 2. The molecular weight excluding hydrogens is 224 g/mol. The third-order valence-electron chi connectivity index (χ3n) is 3.35. The van der Waals surface area contributed by atoms with E-state index in [0.29, 0.717) is 6.04 Å². The second-order valence-corrected chi connectivity index (χ2v) is 4.79. The third-order valence-corrected chi connectivity index (χ3v) is 3.35. The third kappa shape index (κ3) is 2.59. The van der Waals surface area contributed by atoms with Gasteiger partial charge in [0.15, 0.2) is 0 Å². The maximum absolute atomic E-state index is 4.60. The van der Waals surface area contributed by atoms with Gasteiger partial charge < -0.3 is 10.6 Å². The molecule has 1 atom stereocenters. The molecule has 0 radical (unpaired) electrons. The Labute approximate surface area is 107 Å². The van der Waals surface area contributed by atoms with Crippen molar-refractivity contribution in [2.24, 2.45) is 0 Å². The fourth-order valence-corrected chi connectivity index (χ4v) is 2.38. The molecule has 2 aromatic rings. The van der Waals surface area contributed by atoms with Gasteiger partial charge in [0.05, 0.1) is 17.2 Å². The molecule has 94 valence electrons. The van der Waals surface area contributed by atoms with Crippen molar-refractivity contribution in [2.75, 3.05) is 18.4 Å². The lowest BCUT2D eigenvalue weighted by Gasteiger charge is -2.16. The van der Waals surface area contributed by atoms with Crippen molar-refractivity contribution in [1.82, 2.24) is 15.3 Å². The summed E-state index contributed by atoms with van der Waals surface area (Å²) in [5.74, 6) is 0.877. The Bertz CT molecular complexity index is 518. The molecule has 2 heterocycles. The lowest BCUT2D eigenvalue weighted by Crippen LogP contribution is -2.31. The van der Waals surface area contributed by atoms with Crippen LogP contribution in [0.1, 0.15) is 19.3 Å². The van der Waals surface area contributed by atoms with Crippen LogP contribution >= 0.6 is 0 Å². The molecule has 3 rings (SSSR count). The number of aromatic nitrogens is 2. The van der Waals surface area contributed by atoms with Gasteiger partial charge in [-0.2, -0.15) is 0 Å². The summed E-state index contributed by atoms with van der Waals surface area (Å²) in [6, 6.07) is 8.42. The molecule has 0 aliphatic carbocycles. The zero-order valence-corrected chi connectivity index (χ0v) is 10.4. The van der Waals surface area contributed by atoms with E-state index >= 15 is 0 Å². The van der Waals surface area contributed by atoms with Crippen LogP contribution in [0.25, 0.3) is 11.0 Å². The molecule has 1 aliphatic heterocycles. The van der Waals surface area contributed by atoms with Crippen molar-refractivity contribution in [3.05, 3.63) is 30.5 Å². The van der Waals surface area contributed by atoms with Crippen molar-refractivity contribution in [2.45, 2.75) is 25.3 Å². The number of hydrogen-bond donors (Lipinski definition) is 2. The molecule has 1 aromatic heterocycles. The monoisotopic (exact) mass is 242 g/mol. The zero-order valence-electron chi connectivity index (χ0n) is 10.4. The smallest absolute Gasteiger partial charge is 0.145 e. The molecule has 2 N–H and O–H groups in total. The van der Waals surface area contributed by atoms with Crippen LogP contribution in [0.3, 0.4) is 0 Å². The van der Waals surface area contributed by atoms with Crippen LogP contribution in [-0.2, 0) is 0 Å². The van der Waals surface area contributed by atoms with Crippen molar-refractivity contribution in [1.29, 1.82) is 0 Å². The highest BCUT2D eigenvalue weighted by Gasteiger charge is 2.12. The molecule has 1 fully saturated rings. The summed E-state index contributed by atoms with van der Waals surface area (Å²) in [4.78, 5) is 9.02. The van der Waals surface area contributed by atoms with Gasteiger partial charge in [-0.25, -0.2) is 4.98 Å². The van der Waals surface area contributed by atoms with Crippen molar-refractivity contribution in [3.8, 4) is 0 Å². The molecule has 0 saturated carbocycles. The van der Waals surface area contributed by atoms with Gasteiger partial charge in [-0.05, 0) is 31.5 Å². The molecule has 0 spiro atoms. The molecule has 0 bridgehead atoms. The second kappa shape index (κ2) is 5.31. The first-order valence-corrected chi connectivity index (χ1v) is 6.61. The van der Waals surface area contributed by atoms with E-state index in [1.54, 1.807) is 0 Å². The first-order chi connectivity index (χ1) is 8.92. The molecule has 1 aliphatic rings. The quantitative estimate of drug-likeness (QED) is 0.847. The van der Waals surface area contributed by atoms with Crippen LogP contribution in [0.2, 0.25) is 0 Å². The normalized spacial score (nSPS) is 20.6. The lowest BCUT2D eigenvalue weighted by atomic mass is 10.1. The van der Waals surface area contributed by atoms with Gasteiger partial charge in [0.25, 0.3) is 0 Å². The maximum atomic E-state index is 4.60. The lowest BCUT2D eigenvalue weighted by molar-refractivity contribution is 0.634. The molecular formula is C14H18N4. The fourth-order valence-electron chi connectivity index (χ4n) is 2.38. The summed E-state index contributed by atoms with van der Waals surface area (Å²) < 4.78 is 0. The maximum Gasteiger partial charge on any atom is 0.145 e. The Kier molecular flexibility index (Phi) is 3.37. The van der Waals surface area contributed by atoms with Crippen LogP contribution in [0.15, 0.2) is 30.5 Å². The van der Waals surface area contributed by atoms with Crippen LogP contribution in [0.5, 0.6) is 0 Å². The van der Waals surface area contributed by atoms with E-state index in [-0.39, 0.29) is 0 Å². The minimum Gasteiger partial charge on any atom is -0.365 e. The molecule has 0 amide bonds. The second-order valence-electron chi connectivity index (χ2n) is 4.79. The standard InChI is InChI=1S/C14H18N4/c1-2-7-13-12(6-1)16-10-14(18-13)17-11-5-3-4-8-15-9-11/h1-2,6-7,10-11,15H,3-5,8-9H2,(H,17,18). The molecule has 4 nitrogen and oxygen atoms in total. The Hall–Kier alpha value is -1.68. The Morgan fingerprint density at radius 3 is 3.00 bits per heavy atom. The highest BCUT2D eigenvalue weighted by molar-refractivity contribution is 5.75. The average molecular weight is 242 g/mol. The number of para-hydroxylation sites is 2. The van der Waals surface area contributed by atoms with Crippen molar-refractivity contribution in [3.63, 3.8) is 0 Å². The number of fused-ring (bicyclic) bond motifs is 1. The van der Waals surface area contributed by atoms with Gasteiger partial charge in [0, 0.05) is 12.6 Å². The van der Waals surface area contributed by atoms with Crippen molar-refractivity contribution < 1.29 is 0 Å². The highest BCUT2D eigenvalue weighted by atomic mass is 15.1. The molecule has 1 unspecified atom stereocenters. The summed E-state index contributed by atoms with van der Waals surface area (Å²) in [7, 11) is 0.